The highest BCUT2D eigenvalue weighted by Crippen LogP contribution is 2.39. The van der Waals surface area contributed by atoms with E-state index in [9.17, 15) is 4.79 Å². The standard InChI is InChI=1S/C29H29NO3/c1-19(15-29(31)30-14-7-6-9-20(30)2)24-16-25-26(18-33-28(25)17-27(24)32-3)23-13-8-11-21-10-4-5-12-22(21)23/h4-5,8,10-13,15-18,20H,6-7,9,14H2,1-3H3/b19-15+. The third-order valence-electron chi connectivity index (χ3n) is 6.83. The first-order valence-electron chi connectivity index (χ1n) is 11.6. The molecule has 0 N–H and O–H groups in total. The van der Waals surface area contributed by atoms with Crippen LogP contribution in [0.5, 0.6) is 5.75 Å². The molecule has 1 aliphatic rings. The van der Waals surface area contributed by atoms with Crippen LogP contribution >= 0.6 is 0 Å². The number of fused-ring (bicyclic) bond motifs is 2. The molecule has 1 fully saturated rings. The number of allylic oxidation sites excluding steroid dienone is 1. The van der Waals surface area contributed by atoms with Crippen LogP contribution in [0.4, 0.5) is 0 Å². The number of furan rings is 1. The molecule has 3 aromatic carbocycles. The zero-order valence-corrected chi connectivity index (χ0v) is 19.4. The summed E-state index contributed by atoms with van der Waals surface area (Å²) in [5.41, 5.74) is 4.73. The zero-order valence-electron chi connectivity index (χ0n) is 19.4. The van der Waals surface area contributed by atoms with Crippen LogP contribution < -0.4 is 4.74 Å². The number of rotatable bonds is 4. The van der Waals surface area contributed by atoms with Crippen LogP contribution in [-0.4, -0.2) is 30.5 Å². The summed E-state index contributed by atoms with van der Waals surface area (Å²) in [5, 5.41) is 3.38. The van der Waals surface area contributed by atoms with Gasteiger partial charge in [-0.2, -0.15) is 0 Å². The highest BCUT2D eigenvalue weighted by molar-refractivity contribution is 6.06. The molecule has 2 heterocycles. The summed E-state index contributed by atoms with van der Waals surface area (Å²) < 4.78 is 11.6. The van der Waals surface area contributed by atoms with E-state index in [1.54, 1.807) is 13.2 Å². The van der Waals surface area contributed by atoms with Gasteiger partial charge in [-0.3, -0.25) is 4.79 Å². The average Bonchev–Trinajstić information content (AvgIpc) is 3.25. The van der Waals surface area contributed by atoms with E-state index in [0.29, 0.717) is 5.75 Å². The summed E-state index contributed by atoms with van der Waals surface area (Å²) in [4.78, 5) is 15.0. The molecule has 0 bridgehead atoms. The third-order valence-corrected chi connectivity index (χ3v) is 6.83. The number of carbonyl (C=O) groups excluding carboxylic acids is 1. The van der Waals surface area contributed by atoms with Gasteiger partial charge in [-0.25, -0.2) is 0 Å². The lowest BCUT2D eigenvalue weighted by Crippen LogP contribution is -2.41. The molecule has 4 aromatic rings. The Kier molecular flexibility index (Phi) is 5.67. The highest BCUT2D eigenvalue weighted by Gasteiger charge is 2.22. The van der Waals surface area contributed by atoms with E-state index >= 15 is 0 Å². The number of hydrogen-bond donors (Lipinski definition) is 0. The molecule has 0 aliphatic carbocycles. The van der Waals surface area contributed by atoms with Crippen LogP contribution in [0.15, 0.2) is 71.4 Å². The number of nitrogens with zero attached hydrogens (tertiary/aromatic N) is 1. The maximum absolute atomic E-state index is 13.0. The molecule has 5 rings (SSSR count). The second-order valence-corrected chi connectivity index (χ2v) is 8.93. The predicted molar refractivity (Wildman–Crippen MR) is 134 cm³/mol. The van der Waals surface area contributed by atoms with Crippen LogP contribution in [0.25, 0.3) is 38.4 Å². The van der Waals surface area contributed by atoms with Gasteiger partial charge in [0, 0.05) is 41.2 Å². The molecule has 1 aromatic heterocycles. The van der Waals surface area contributed by atoms with Crippen LogP contribution in [0.1, 0.15) is 38.7 Å². The maximum atomic E-state index is 13.0. The number of piperidine rings is 1. The summed E-state index contributed by atoms with van der Waals surface area (Å²) in [7, 11) is 1.65. The lowest BCUT2D eigenvalue weighted by atomic mass is 9.95. The maximum Gasteiger partial charge on any atom is 0.247 e. The second kappa shape index (κ2) is 8.78. The minimum atomic E-state index is 0.0725. The van der Waals surface area contributed by atoms with E-state index in [2.05, 4.69) is 55.5 Å². The Hall–Kier alpha value is -3.53. The molecule has 168 valence electrons. The number of ether oxygens (including phenoxy) is 1. The average molecular weight is 440 g/mol. The summed E-state index contributed by atoms with van der Waals surface area (Å²) in [5.74, 6) is 0.776. The largest absolute Gasteiger partial charge is 0.496 e. The van der Waals surface area contributed by atoms with Crippen LogP contribution in [-0.2, 0) is 4.79 Å². The van der Waals surface area contributed by atoms with Gasteiger partial charge in [-0.15, -0.1) is 0 Å². The smallest absolute Gasteiger partial charge is 0.247 e. The lowest BCUT2D eigenvalue weighted by Gasteiger charge is -2.32. The quantitative estimate of drug-likeness (QED) is 0.320. The van der Waals surface area contributed by atoms with Crippen molar-refractivity contribution in [3.05, 3.63) is 72.5 Å². The first kappa shape index (κ1) is 21.3. The van der Waals surface area contributed by atoms with Gasteiger partial charge in [0.1, 0.15) is 11.3 Å². The van der Waals surface area contributed by atoms with E-state index in [1.165, 1.54) is 17.2 Å². The summed E-state index contributed by atoms with van der Waals surface area (Å²) in [6, 6.07) is 19.0. The number of amides is 1. The van der Waals surface area contributed by atoms with Gasteiger partial charge in [-0.05, 0) is 61.1 Å². The van der Waals surface area contributed by atoms with Gasteiger partial charge in [0.05, 0.1) is 13.4 Å². The third kappa shape index (κ3) is 3.91. The summed E-state index contributed by atoms with van der Waals surface area (Å²) in [6.07, 6.45) is 6.90. The normalized spacial score (nSPS) is 17.0. The first-order chi connectivity index (χ1) is 16.1. The molecular weight excluding hydrogens is 410 g/mol. The second-order valence-electron chi connectivity index (χ2n) is 8.93. The number of hydrogen-bond acceptors (Lipinski definition) is 3. The zero-order chi connectivity index (χ0) is 22.9. The Labute approximate surface area is 194 Å². The predicted octanol–water partition coefficient (Wildman–Crippen LogP) is 7.07. The number of likely N-dealkylation sites (tertiary alicyclic amines) is 1. The molecule has 0 saturated carbocycles. The van der Waals surface area contributed by atoms with Gasteiger partial charge < -0.3 is 14.1 Å². The van der Waals surface area contributed by atoms with Crippen LogP contribution in [0, 0.1) is 0 Å². The first-order valence-corrected chi connectivity index (χ1v) is 11.6. The van der Waals surface area contributed by atoms with Crippen molar-refractivity contribution in [2.24, 2.45) is 0 Å². The minimum Gasteiger partial charge on any atom is -0.496 e. The van der Waals surface area contributed by atoms with Gasteiger partial charge in [-0.1, -0.05) is 42.5 Å². The highest BCUT2D eigenvalue weighted by atomic mass is 16.5. The number of carbonyl (C=O) groups is 1. The molecule has 33 heavy (non-hydrogen) atoms. The summed E-state index contributed by atoms with van der Waals surface area (Å²) >= 11 is 0. The molecule has 1 amide bonds. The van der Waals surface area contributed by atoms with E-state index in [0.717, 1.165) is 52.6 Å². The fourth-order valence-corrected chi connectivity index (χ4v) is 4.97. The summed E-state index contributed by atoms with van der Waals surface area (Å²) in [6.45, 7) is 4.94. The van der Waals surface area contributed by atoms with E-state index in [-0.39, 0.29) is 11.9 Å². The number of methoxy groups -OCH3 is 1. The molecule has 1 atom stereocenters. The Bertz CT molecular complexity index is 1360. The van der Waals surface area contributed by atoms with Gasteiger partial charge in [0.15, 0.2) is 0 Å². The number of benzene rings is 3. The van der Waals surface area contributed by atoms with Crippen molar-refractivity contribution >= 4 is 33.2 Å². The molecule has 1 unspecified atom stereocenters. The molecule has 0 radical (unpaired) electrons. The SMILES string of the molecule is COc1cc2occ(-c3cccc4ccccc34)c2cc1/C(C)=C/C(=O)N1CCCCC1C. The lowest BCUT2D eigenvalue weighted by molar-refractivity contribution is -0.129. The molecule has 0 spiro atoms. The van der Waals surface area contributed by atoms with E-state index in [4.69, 9.17) is 9.15 Å². The van der Waals surface area contributed by atoms with Crippen molar-refractivity contribution in [2.75, 3.05) is 13.7 Å². The van der Waals surface area contributed by atoms with Crippen molar-refractivity contribution in [1.29, 1.82) is 0 Å². The molecule has 1 aliphatic heterocycles. The Balaban J connectivity index is 1.60. The monoisotopic (exact) mass is 439 g/mol. The van der Waals surface area contributed by atoms with E-state index < -0.39 is 0 Å². The molecule has 1 saturated heterocycles. The van der Waals surface area contributed by atoms with Crippen molar-refractivity contribution < 1.29 is 13.9 Å². The Morgan fingerprint density at radius 1 is 1.06 bits per heavy atom. The van der Waals surface area contributed by atoms with Crippen molar-refractivity contribution in [3.8, 4) is 16.9 Å². The molecular formula is C29H29NO3. The molecule has 4 heteroatoms. The van der Waals surface area contributed by atoms with Crippen LogP contribution in [0.3, 0.4) is 0 Å². The van der Waals surface area contributed by atoms with Gasteiger partial charge in [0.25, 0.3) is 0 Å². The van der Waals surface area contributed by atoms with Gasteiger partial charge in [0.2, 0.25) is 5.91 Å². The minimum absolute atomic E-state index is 0.0725. The van der Waals surface area contributed by atoms with Gasteiger partial charge >= 0.3 is 0 Å². The fourth-order valence-electron chi connectivity index (χ4n) is 4.97. The van der Waals surface area contributed by atoms with Crippen molar-refractivity contribution in [1.82, 2.24) is 4.90 Å². The van der Waals surface area contributed by atoms with E-state index in [1.807, 2.05) is 24.2 Å². The van der Waals surface area contributed by atoms with Crippen molar-refractivity contribution in [3.63, 3.8) is 0 Å². The fraction of sp³-hybridized carbons (Fsp3) is 0.276. The molecule has 4 nitrogen and oxygen atoms in total. The Morgan fingerprint density at radius 2 is 1.88 bits per heavy atom. The Morgan fingerprint density at radius 3 is 2.70 bits per heavy atom. The topological polar surface area (TPSA) is 42.7 Å². The van der Waals surface area contributed by atoms with Crippen LogP contribution in [0.2, 0.25) is 0 Å². The van der Waals surface area contributed by atoms with Crippen molar-refractivity contribution in [2.45, 2.75) is 39.2 Å².